The number of pyridine rings is 1. The van der Waals surface area contributed by atoms with Gasteiger partial charge in [-0.05, 0) is 30.3 Å². The van der Waals surface area contributed by atoms with E-state index >= 15 is 0 Å². The molecule has 2 rings (SSSR count). The van der Waals surface area contributed by atoms with Crippen molar-refractivity contribution in [1.29, 1.82) is 0 Å². The molecule has 1 heterocycles. The van der Waals surface area contributed by atoms with Crippen molar-refractivity contribution in [3.63, 3.8) is 0 Å². The summed E-state index contributed by atoms with van der Waals surface area (Å²) < 4.78 is 31.7. The van der Waals surface area contributed by atoms with Gasteiger partial charge in [0.25, 0.3) is 0 Å². The zero-order valence-corrected chi connectivity index (χ0v) is 10.7. The fraction of sp³-hybridized carbons (Fsp3) is 0.0714. The number of rotatable bonds is 5. The second-order valence-electron chi connectivity index (χ2n) is 4.06. The van der Waals surface area contributed by atoms with Crippen molar-refractivity contribution in [2.24, 2.45) is 0 Å². The number of benzene rings is 1. The van der Waals surface area contributed by atoms with Gasteiger partial charge in [0.15, 0.2) is 0 Å². The lowest BCUT2D eigenvalue weighted by Gasteiger charge is -2.15. The molecular formula is C14H11F2N2O3-. The normalized spacial score (nSPS) is 10.9. The van der Waals surface area contributed by atoms with Gasteiger partial charge in [-0.25, -0.2) is 8.78 Å². The van der Waals surface area contributed by atoms with E-state index in [0.29, 0.717) is 5.69 Å². The highest BCUT2D eigenvalue weighted by Gasteiger charge is 2.03. The van der Waals surface area contributed by atoms with Crippen LogP contribution in [-0.4, -0.2) is 15.4 Å². The molecule has 0 atom stereocenters. The molecule has 2 aromatic rings. The van der Waals surface area contributed by atoms with Gasteiger partial charge < -0.3 is 15.2 Å². The lowest BCUT2D eigenvalue weighted by Crippen LogP contribution is -2.00. The Balaban J connectivity index is 2.01. The molecule has 110 valence electrons. The molecule has 0 radical (unpaired) electrons. The summed E-state index contributed by atoms with van der Waals surface area (Å²) in [5, 5.41) is 18.3. The fourth-order valence-electron chi connectivity index (χ4n) is 1.53. The number of ether oxygens (including phenoxy) is 1. The van der Waals surface area contributed by atoms with Crippen LogP contribution in [0.2, 0.25) is 0 Å². The zero-order chi connectivity index (χ0) is 15.2. The molecule has 1 aromatic heterocycles. The van der Waals surface area contributed by atoms with E-state index in [1.54, 1.807) is 0 Å². The number of hydroxylamine groups is 2. The Morgan fingerprint density at radius 3 is 2.71 bits per heavy atom. The van der Waals surface area contributed by atoms with Crippen LogP contribution in [0.5, 0.6) is 5.75 Å². The first-order valence-electron chi connectivity index (χ1n) is 5.91. The maximum Gasteiger partial charge on any atom is 0.141 e. The third-order valence-electron chi connectivity index (χ3n) is 2.53. The zero-order valence-electron chi connectivity index (χ0n) is 10.7. The van der Waals surface area contributed by atoms with Crippen molar-refractivity contribution in [1.82, 2.24) is 10.2 Å². The molecule has 0 bridgehead atoms. The molecular weight excluding hydrogens is 282 g/mol. The molecule has 0 saturated carbocycles. The Labute approximate surface area is 119 Å². The van der Waals surface area contributed by atoms with Gasteiger partial charge in [0.2, 0.25) is 0 Å². The standard InChI is InChI=1S/C14H11F2N2O3/c15-11-2-3-12(17-8-11)9-21-13-4-1-10(14(16)7-13)5-6-18(19)20/h1-8,19H,9H2/q-1/b6-5+. The van der Waals surface area contributed by atoms with Gasteiger partial charge in [-0.2, -0.15) is 0 Å². The highest BCUT2D eigenvalue weighted by atomic mass is 19.1. The van der Waals surface area contributed by atoms with Crippen LogP contribution < -0.4 is 4.74 Å². The summed E-state index contributed by atoms with van der Waals surface area (Å²) in [6.07, 6.45) is 2.95. The SMILES string of the molecule is [O-]N(O)/C=C/c1ccc(OCc2ccc(F)cn2)cc1F. The summed E-state index contributed by atoms with van der Waals surface area (Å²) in [7, 11) is 0. The van der Waals surface area contributed by atoms with Crippen LogP contribution in [0.4, 0.5) is 8.78 Å². The van der Waals surface area contributed by atoms with Crippen molar-refractivity contribution in [3.05, 3.63) is 70.8 Å². The van der Waals surface area contributed by atoms with E-state index in [9.17, 15) is 14.0 Å². The Morgan fingerprint density at radius 1 is 1.29 bits per heavy atom. The molecule has 0 saturated heterocycles. The van der Waals surface area contributed by atoms with Crippen LogP contribution in [-0.2, 0) is 6.61 Å². The highest BCUT2D eigenvalue weighted by Crippen LogP contribution is 2.19. The first-order valence-corrected chi connectivity index (χ1v) is 5.91. The first-order chi connectivity index (χ1) is 10.0. The summed E-state index contributed by atoms with van der Waals surface area (Å²) in [6.45, 7) is 0.0693. The summed E-state index contributed by atoms with van der Waals surface area (Å²) >= 11 is 0. The van der Waals surface area contributed by atoms with Gasteiger partial charge in [0.1, 0.15) is 24.0 Å². The Bertz CT molecular complexity index is 631. The van der Waals surface area contributed by atoms with Crippen LogP contribution in [0.15, 0.2) is 42.7 Å². The van der Waals surface area contributed by atoms with Gasteiger partial charge in [-0.3, -0.25) is 10.2 Å². The first kappa shape index (κ1) is 14.9. The Kier molecular flexibility index (Phi) is 4.81. The van der Waals surface area contributed by atoms with Crippen LogP contribution >= 0.6 is 0 Å². The van der Waals surface area contributed by atoms with Gasteiger partial charge in [0, 0.05) is 17.8 Å². The summed E-state index contributed by atoms with van der Waals surface area (Å²) in [6, 6.07) is 6.74. The fourth-order valence-corrected chi connectivity index (χ4v) is 1.53. The monoisotopic (exact) mass is 293 g/mol. The average Bonchev–Trinajstić information content (AvgIpc) is 2.45. The lowest BCUT2D eigenvalue weighted by atomic mass is 10.2. The largest absolute Gasteiger partial charge is 0.734 e. The number of hydrogen-bond acceptors (Lipinski definition) is 5. The van der Waals surface area contributed by atoms with E-state index in [0.717, 1.165) is 24.5 Å². The van der Waals surface area contributed by atoms with Crippen LogP contribution in [0.25, 0.3) is 6.08 Å². The van der Waals surface area contributed by atoms with Crippen molar-refractivity contribution >= 4 is 6.08 Å². The Morgan fingerprint density at radius 2 is 2.10 bits per heavy atom. The molecule has 5 nitrogen and oxygen atoms in total. The predicted octanol–water partition coefficient (Wildman–Crippen LogP) is 3.10. The van der Waals surface area contributed by atoms with Crippen LogP contribution in [0.3, 0.4) is 0 Å². The second kappa shape index (κ2) is 6.78. The van der Waals surface area contributed by atoms with Gasteiger partial charge in [-0.15, -0.1) is 0 Å². The van der Waals surface area contributed by atoms with E-state index in [1.165, 1.54) is 24.3 Å². The molecule has 0 unspecified atom stereocenters. The third-order valence-corrected chi connectivity index (χ3v) is 2.53. The van der Waals surface area contributed by atoms with Gasteiger partial charge in [-0.1, -0.05) is 0 Å². The molecule has 0 aliphatic rings. The van der Waals surface area contributed by atoms with Crippen molar-refractivity contribution in [3.8, 4) is 5.75 Å². The van der Waals surface area contributed by atoms with E-state index in [-0.39, 0.29) is 17.9 Å². The summed E-state index contributed by atoms with van der Waals surface area (Å²) in [5.74, 6) is -0.798. The lowest BCUT2D eigenvalue weighted by molar-refractivity contribution is 0.0129. The number of nitrogens with zero attached hydrogens (tertiary/aromatic N) is 2. The van der Waals surface area contributed by atoms with E-state index in [1.807, 2.05) is 0 Å². The number of aromatic nitrogens is 1. The predicted molar refractivity (Wildman–Crippen MR) is 71.0 cm³/mol. The van der Waals surface area contributed by atoms with E-state index in [2.05, 4.69) is 4.98 Å². The summed E-state index contributed by atoms with van der Waals surface area (Å²) in [4.78, 5) is 3.81. The smallest absolute Gasteiger partial charge is 0.141 e. The minimum absolute atomic E-state index is 0.0693. The molecule has 1 aromatic carbocycles. The second-order valence-corrected chi connectivity index (χ2v) is 4.06. The topological polar surface area (TPSA) is 68.7 Å². The molecule has 7 heteroatoms. The molecule has 1 N–H and O–H groups in total. The maximum absolute atomic E-state index is 13.7. The number of halogens is 2. The molecule has 0 aliphatic heterocycles. The minimum atomic E-state index is -0.613. The van der Waals surface area contributed by atoms with Crippen molar-refractivity contribution in [2.75, 3.05) is 0 Å². The van der Waals surface area contributed by atoms with E-state index in [4.69, 9.17) is 9.94 Å². The third kappa shape index (κ3) is 4.51. The minimum Gasteiger partial charge on any atom is -0.734 e. The van der Waals surface area contributed by atoms with Gasteiger partial charge in [0.05, 0.1) is 11.9 Å². The van der Waals surface area contributed by atoms with E-state index < -0.39 is 16.9 Å². The average molecular weight is 293 g/mol. The maximum atomic E-state index is 13.7. The summed E-state index contributed by atoms with van der Waals surface area (Å²) in [5.41, 5.74) is 0.625. The molecule has 0 fully saturated rings. The highest BCUT2D eigenvalue weighted by molar-refractivity contribution is 5.51. The molecule has 0 amide bonds. The molecule has 0 aliphatic carbocycles. The van der Waals surface area contributed by atoms with Gasteiger partial charge >= 0.3 is 0 Å². The number of hydrogen-bond donors (Lipinski definition) is 1. The molecule has 0 spiro atoms. The van der Waals surface area contributed by atoms with Crippen molar-refractivity contribution in [2.45, 2.75) is 6.61 Å². The quantitative estimate of drug-likeness (QED) is 0.858. The molecule has 21 heavy (non-hydrogen) atoms. The van der Waals surface area contributed by atoms with Crippen LogP contribution in [0.1, 0.15) is 11.3 Å². The van der Waals surface area contributed by atoms with Crippen molar-refractivity contribution < 1.29 is 18.7 Å². The van der Waals surface area contributed by atoms with Crippen LogP contribution in [0, 0.1) is 16.8 Å². The Hall–Kier alpha value is -2.51.